The van der Waals surface area contributed by atoms with E-state index in [1.807, 2.05) is 6.08 Å². The Morgan fingerprint density at radius 1 is 0.882 bits per heavy atom. The minimum atomic E-state index is -4.26. The maximum absolute atomic E-state index is 11.7. The van der Waals surface area contributed by atoms with Crippen molar-refractivity contribution in [1.82, 2.24) is 0 Å². The van der Waals surface area contributed by atoms with E-state index in [1.165, 1.54) is 0 Å². The van der Waals surface area contributed by atoms with Crippen molar-refractivity contribution >= 4 is 13.8 Å². The molecule has 0 aliphatic heterocycles. The van der Waals surface area contributed by atoms with Crippen LogP contribution in [0.25, 0.3) is 0 Å². The van der Waals surface area contributed by atoms with Gasteiger partial charge < -0.3 is 20.5 Å². The number of hydrogen-bond acceptors (Lipinski definition) is 7. The number of nitrogens with two attached hydrogens (primary N) is 1. The normalized spacial score (nSPS) is 15.3. The first-order valence-corrected chi connectivity index (χ1v) is 13.3. The minimum absolute atomic E-state index is 0.0632. The lowest BCUT2D eigenvalue weighted by Crippen LogP contribution is -2.23. The molecular weight excluding hydrogens is 457 g/mol. The second-order valence-corrected chi connectivity index (χ2v) is 8.78. The van der Waals surface area contributed by atoms with E-state index in [4.69, 9.17) is 10.5 Å². The van der Waals surface area contributed by atoms with E-state index in [1.54, 1.807) is 0 Å². The Bertz CT molecular complexity index is 701. The Kier molecular flexibility index (Phi) is 21.8. The highest BCUT2D eigenvalue weighted by Crippen LogP contribution is 2.42. The van der Waals surface area contributed by atoms with Crippen LogP contribution in [0.4, 0.5) is 0 Å². The zero-order valence-electron chi connectivity index (χ0n) is 20.3. The molecule has 0 amide bonds. The lowest BCUT2D eigenvalue weighted by Gasteiger charge is -2.15. The lowest BCUT2D eigenvalue weighted by atomic mass is 10.2. The molecule has 0 aliphatic rings. The monoisotopic (exact) mass is 499 g/mol. The third-order valence-electron chi connectivity index (χ3n) is 4.15. The summed E-state index contributed by atoms with van der Waals surface area (Å²) in [6.07, 6.45) is 26.5. The first-order chi connectivity index (χ1) is 16.4. The summed E-state index contributed by atoms with van der Waals surface area (Å²) >= 11 is 0. The van der Waals surface area contributed by atoms with Gasteiger partial charge in [0.1, 0.15) is 12.7 Å². The summed E-state index contributed by atoms with van der Waals surface area (Å²) in [5.41, 5.74) is 5.16. The van der Waals surface area contributed by atoms with Crippen LogP contribution in [-0.4, -0.2) is 48.4 Å². The number of aliphatic hydroxyl groups excluding tert-OH is 1. The Morgan fingerprint density at radius 2 is 1.41 bits per heavy atom. The molecule has 0 saturated heterocycles. The number of unbranched alkanes of at least 4 members (excludes halogenated alkanes) is 1. The summed E-state index contributed by atoms with van der Waals surface area (Å²) < 4.78 is 25.5. The smallest absolute Gasteiger partial charge is 0.463 e. The average Bonchev–Trinajstić information content (AvgIpc) is 2.82. The van der Waals surface area contributed by atoms with Crippen molar-refractivity contribution in [3.05, 3.63) is 60.8 Å². The van der Waals surface area contributed by atoms with Crippen LogP contribution in [0.3, 0.4) is 0 Å². The number of allylic oxidation sites excluding steroid dienone is 10. The Balaban J connectivity index is 3.70. The van der Waals surface area contributed by atoms with E-state index in [2.05, 4.69) is 70.7 Å². The van der Waals surface area contributed by atoms with Crippen LogP contribution in [0.5, 0.6) is 0 Å². The molecule has 0 saturated carbocycles. The van der Waals surface area contributed by atoms with Gasteiger partial charge in [-0.3, -0.25) is 13.8 Å². The highest BCUT2D eigenvalue weighted by molar-refractivity contribution is 7.47. The van der Waals surface area contributed by atoms with Gasteiger partial charge in [-0.1, -0.05) is 67.7 Å². The molecule has 0 aromatic heterocycles. The van der Waals surface area contributed by atoms with Gasteiger partial charge in [-0.05, 0) is 44.9 Å². The van der Waals surface area contributed by atoms with Crippen molar-refractivity contribution in [1.29, 1.82) is 0 Å². The van der Waals surface area contributed by atoms with Crippen LogP contribution in [0.2, 0.25) is 0 Å². The van der Waals surface area contributed by atoms with Crippen LogP contribution in [0.15, 0.2) is 60.8 Å². The molecule has 4 N–H and O–H groups in total. The van der Waals surface area contributed by atoms with E-state index in [9.17, 15) is 19.4 Å². The van der Waals surface area contributed by atoms with Gasteiger partial charge in [-0.25, -0.2) is 4.57 Å². The van der Waals surface area contributed by atoms with E-state index >= 15 is 0 Å². The molecule has 1 unspecified atom stereocenters. The fraction of sp³-hybridized carbons (Fsp3) is 0.560. The van der Waals surface area contributed by atoms with Gasteiger partial charge in [-0.15, -0.1) is 0 Å². The molecule has 0 rings (SSSR count). The van der Waals surface area contributed by atoms with Gasteiger partial charge in [0, 0.05) is 13.0 Å². The molecule has 0 aliphatic carbocycles. The van der Waals surface area contributed by atoms with E-state index in [0.29, 0.717) is 6.42 Å². The molecular formula is C25H42NO7P. The van der Waals surface area contributed by atoms with E-state index < -0.39 is 26.5 Å². The summed E-state index contributed by atoms with van der Waals surface area (Å²) in [6, 6.07) is 0. The molecule has 34 heavy (non-hydrogen) atoms. The summed E-state index contributed by atoms with van der Waals surface area (Å²) in [7, 11) is -4.26. The molecule has 2 atom stereocenters. The minimum Gasteiger partial charge on any atom is -0.463 e. The number of hydrogen-bond donors (Lipinski definition) is 3. The molecule has 0 aromatic rings. The second-order valence-electron chi connectivity index (χ2n) is 7.32. The number of ether oxygens (including phenoxy) is 1. The fourth-order valence-electron chi connectivity index (χ4n) is 2.43. The number of esters is 1. The maximum atomic E-state index is 11.7. The Hall–Kier alpha value is -1.80. The second kappa shape index (κ2) is 23.0. The first-order valence-electron chi connectivity index (χ1n) is 11.8. The third-order valence-corrected chi connectivity index (χ3v) is 5.13. The maximum Gasteiger partial charge on any atom is 0.472 e. The molecule has 9 heteroatoms. The van der Waals surface area contributed by atoms with Crippen LogP contribution in [-0.2, 0) is 23.1 Å². The number of phosphoric acid groups is 1. The molecule has 194 valence electrons. The topological polar surface area (TPSA) is 128 Å². The summed E-state index contributed by atoms with van der Waals surface area (Å²) in [5, 5.41) is 9.67. The van der Waals surface area contributed by atoms with Crippen molar-refractivity contribution in [2.45, 2.75) is 64.4 Å². The number of rotatable bonds is 21. The Labute approximate surface area is 204 Å². The van der Waals surface area contributed by atoms with Crippen molar-refractivity contribution in [3.8, 4) is 0 Å². The van der Waals surface area contributed by atoms with Crippen LogP contribution in [0.1, 0.15) is 58.3 Å². The summed E-state index contributed by atoms with van der Waals surface area (Å²) in [6.45, 7) is 1.24. The van der Waals surface area contributed by atoms with Crippen LogP contribution < -0.4 is 5.73 Å². The van der Waals surface area contributed by atoms with E-state index in [-0.39, 0.29) is 26.2 Å². The van der Waals surface area contributed by atoms with Gasteiger partial charge in [0.25, 0.3) is 0 Å². The van der Waals surface area contributed by atoms with Crippen molar-refractivity contribution in [2.24, 2.45) is 5.73 Å². The molecule has 0 bridgehead atoms. The van der Waals surface area contributed by atoms with Crippen LogP contribution in [0, 0.1) is 0 Å². The van der Waals surface area contributed by atoms with Crippen molar-refractivity contribution in [3.63, 3.8) is 0 Å². The summed E-state index contributed by atoms with van der Waals surface area (Å²) in [5.74, 6) is -0.446. The molecule has 8 nitrogen and oxygen atoms in total. The third kappa shape index (κ3) is 23.4. The van der Waals surface area contributed by atoms with Gasteiger partial charge in [0.2, 0.25) is 0 Å². The predicted molar refractivity (Wildman–Crippen MR) is 136 cm³/mol. The first kappa shape index (κ1) is 32.2. The molecule has 0 heterocycles. The van der Waals surface area contributed by atoms with Crippen molar-refractivity contribution < 1.29 is 33.1 Å². The lowest BCUT2D eigenvalue weighted by molar-refractivity contribution is -0.147. The Morgan fingerprint density at radius 3 is 1.94 bits per heavy atom. The predicted octanol–water partition coefficient (Wildman–Crippen LogP) is 4.90. The number of carbonyl (C=O) groups is 1. The zero-order chi connectivity index (χ0) is 25.3. The quantitative estimate of drug-likeness (QED) is 0.0880. The van der Waals surface area contributed by atoms with Gasteiger partial charge in [0.15, 0.2) is 0 Å². The summed E-state index contributed by atoms with van der Waals surface area (Å²) in [4.78, 5) is 21.0. The molecule has 0 aromatic carbocycles. The largest absolute Gasteiger partial charge is 0.472 e. The molecule has 0 radical (unpaired) electrons. The molecule has 0 fully saturated rings. The fourth-order valence-corrected chi connectivity index (χ4v) is 3.20. The number of carbonyl (C=O) groups excluding carboxylic acids is 1. The number of phosphoric ester groups is 1. The average molecular weight is 500 g/mol. The van der Waals surface area contributed by atoms with Crippen LogP contribution >= 0.6 is 7.82 Å². The molecule has 0 spiro atoms. The highest BCUT2D eigenvalue weighted by atomic mass is 31.2. The standard InChI is InChI=1S/C25H42NO7P/c1-2-3-4-5-6-7-8-9-10-11-12-13-14-15-16-17-18-19-25(28)31-22-24(27)23-33-34(29,30)32-21-20-26/h3-4,6-7,9-10,12-13,15-16,24,27H,2,5,8,11,14,17-23,26H2,1H3,(H,29,30)/b4-3-,7-6-,10-9-,13-12-,16-15-/t24-/m1/s1. The van der Waals surface area contributed by atoms with Gasteiger partial charge >= 0.3 is 13.8 Å². The van der Waals surface area contributed by atoms with Crippen molar-refractivity contribution in [2.75, 3.05) is 26.4 Å². The number of aliphatic hydroxyl groups is 1. The van der Waals surface area contributed by atoms with Gasteiger partial charge in [0.05, 0.1) is 13.2 Å². The zero-order valence-corrected chi connectivity index (χ0v) is 21.2. The SMILES string of the molecule is CC/C=C\C/C=C\C/C=C\C/C=C\C/C=C\CCCC(=O)OC[C@@H](O)COP(=O)(O)OCCN. The van der Waals surface area contributed by atoms with E-state index in [0.717, 1.165) is 38.5 Å². The highest BCUT2D eigenvalue weighted by Gasteiger charge is 2.22. The van der Waals surface area contributed by atoms with Gasteiger partial charge in [-0.2, -0.15) is 0 Å².